The molecule has 2 rings (SSSR count). The quantitative estimate of drug-likeness (QED) is 0.898. The van der Waals surface area contributed by atoms with Crippen molar-refractivity contribution in [3.05, 3.63) is 34.9 Å². The standard InChI is InChI=1S/C15H20ClN3O2/c1-11(15(17)21)18-5-7-19(8-6-18)14(20)10-12-3-2-4-13(16)9-12/h2-4,9,11H,5-8,10H2,1H3,(H2,17,21). The largest absolute Gasteiger partial charge is 0.368 e. The summed E-state index contributed by atoms with van der Waals surface area (Å²) in [6.45, 7) is 4.39. The number of hydrogen-bond acceptors (Lipinski definition) is 3. The van der Waals surface area contributed by atoms with Gasteiger partial charge in [0.2, 0.25) is 11.8 Å². The Hall–Kier alpha value is -1.59. The molecule has 1 heterocycles. The summed E-state index contributed by atoms with van der Waals surface area (Å²) in [6.07, 6.45) is 0.353. The molecule has 6 heteroatoms. The lowest BCUT2D eigenvalue weighted by Crippen LogP contribution is -2.54. The highest BCUT2D eigenvalue weighted by atomic mass is 35.5. The molecule has 1 aliphatic heterocycles. The average Bonchev–Trinajstić information content (AvgIpc) is 2.46. The van der Waals surface area contributed by atoms with Crippen LogP contribution in [0.4, 0.5) is 0 Å². The number of piperazine rings is 1. The molecule has 1 aromatic carbocycles. The molecule has 1 fully saturated rings. The molecule has 0 aromatic heterocycles. The zero-order valence-corrected chi connectivity index (χ0v) is 12.8. The van der Waals surface area contributed by atoms with Gasteiger partial charge in [-0.25, -0.2) is 0 Å². The number of rotatable bonds is 4. The first kappa shape index (κ1) is 15.8. The maximum atomic E-state index is 12.3. The highest BCUT2D eigenvalue weighted by Crippen LogP contribution is 2.13. The fourth-order valence-corrected chi connectivity index (χ4v) is 2.68. The summed E-state index contributed by atoms with van der Waals surface area (Å²) in [7, 11) is 0. The number of carbonyl (C=O) groups excluding carboxylic acids is 2. The smallest absolute Gasteiger partial charge is 0.234 e. The number of halogens is 1. The van der Waals surface area contributed by atoms with E-state index in [9.17, 15) is 9.59 Å². The van der Waals surface area contributed by atoms with Crippen LogP contribution in [0.25, 0.3) is 0 Å². The van der Waals surface area contributed by atoms with Crippen LogP contribution in [-0.2, 0) is 16.0 Å². The molecule has 0 saturated carbocycles. The van der Waals surface area contributed by atoms with Crippen LogP contribution < -0.4 is 5.73 Å². The topological polar surface area (TPSA) is 66.6 Å². The molecule has 1 saturated heterocycles. The summed E-state index contributed by atoms with van der Waals surface area (Å²) >= 11 is 5.92. The number of hydrogen-bond donors (Lipinski definition) is 1. The van der Waals surface area contributed by atoms with Crippen molar-refractivity contribution in [1.29, 1.82) is 0 Å². The molecule has 1 atom stereocenters. The van der Waals surface area contributed by atoms with Crippen LogP contribution in [0.3, 0.4) is 0 Å². The van der Waals surface area contributed by atoms with Crippen molar-refractivity contribution in [1.82, 2.24) is 9.80 Å². The highest BCUT2D eigenvalue weighted by molar-refractivity contribution is 6.30. The molecule has 1 aliphatic rings. The van der Waals surface area contributed by atoms with E-state index in [1.807, 2.05) is 28.0 Å². The Balaban J connectivity index is 1.87. The second kappa shape index (κ2) is 6.91. The number of nitrogens with zero attached hydrogens (tertiary/aromatic N) is 2. The van der Waals surface area contributed by atoms with E-state index in [1.165, 1.54) is 0 Å². The first-order valence-electron chi connectivity index (χ1n) is 7.03. The Morgan fingerprint density at radius 2 is 1.95 bits per heavy atom. The molecular weight excluding hydrogens is 290 g/mol. The average molecular weight is 310 g/mol. The van der Waals surface area contributed by atoms with E-state index in [1.54, 1.807) is 13.0 Å². The van der Waals surface area contributed by atoms with E-state index in [0.717, 1.165) is 5.56 Å². The van der Waals surface area contributed by atoms with Crippen molar-refractivity contribution in [2.45, 2.75) is 19.4 Å². The van der Waals surface area contributed by atoms with Crippen LogP contribution in [0, 0.1) is 0 Å². The Labute approximate surface area is 129 Å². The zero-order valence-electron chi connectivity index (χ0n) is 12.1. The number of nitrogens with two attached hydrogens (primary N) is 1. The number of benzene rings is 1. The van der Waals surface area contributed by atoms with Crippen molar-refractivity contribution in [3.63, 3.8) is 0 Å². The fraction of sp³-hybridized carbons (Fsp3) is 0.467. The Kier molecular flexibility index (Phi) is 5.20. The van der Waals surface area contributed by atoms with E-state index in [-0.39, 0.29) is 17.9 Å². The van der Waals surface area contributed by atoms with E-state index >= 15 is 0 Å². The van der Waals surface area contributed by atoms with Crippen LogP contribution in [0.1, 0.15) is 12.5 Å². The lowest BCUT2D eigenvalue weighted by Gasteiger charge is -2.37. The summed E-state index contributed by atoms with van der Waals surface area (Å²) in [4.78, 5) is 27.3. The summed E-state index contributed by atoms with van der Waals surface area (Å²) in [5, 5.41) is 0.639. The van der Waals surface area contributed by atoms with Gasteiger partial charge in [-0.15, -0.1) is 0 Å². The first-order valence-corrected chi connectivity index (χ1v) is 7.41. The maximum Gasteiger partial charge on any atom is 0.234 e. The summed E-state index contributed by atoms with van der Waals surface area (Å²) in [6, 6.07) is 7.06. The maximum absolute atomic E-state index is 12.3. The summed E-state index contributed by atoms with van der Waals surface area (Å²) < 4.78 is 0. The highest BCUT2D eigenvalue weighted by Gasteiger charge is 2.26. The van der Waals surface area contributed by atoms with Gasteiger partial charge in [-0.1, -0.05) is 23.7 Å². The van der Waals surface area contributed by atoms with Gasteiger partial charge in [0, 0.05) is 31.2 Å². The molecule has 0 radical (unpaired) electrons. The van der Waals surface area contributed by atoms with Crippen LogP contribution in [0.2, 0.25) is 5.02 Å². The van der Waals surface area contributed by atoms with E-state index in [4.69, 9.17) is 17.3 Å². The molecular formula is C15H20ClN3O2. The SMILES string of the molecule is CC(C(N)=O)N1CCN(C(=O)Cc2cccc(Cl)c2)CC1. The molecule has 2 N–H and O–H groups in total. The molecule has 0 bridgehead atoms. The van der Waals surface area contributed by atoms with E-state index < -0.39 is 0 Å². The van der Waals surface area contributed by atoms with Crippen LogP contribution in [0.15, 0.2) is 24.3 Å². The molecule has 1 aromatic rings. The van der Waals surface area contributed by atoms with Gasteiger partial charge in [0.1, 0.15) is 0 Å². The minimum absolute atomic E-state index is 0.0867. The van der Waals surface area contributed by atoms with E-state index in [2.05, 4.69) is 0 Å². The normalized spacial score (nSPS) is 17.5. The number of amides is 2. The minimum atomic E-state index is -0.325. The summed E-state index contributed by atoms with van der Waals surface area (Å²) in [5.41, 5.74) is 6.22. The predicted molar refractivity (Wildman–Crippen MR) is 82.0 cm³/mol. The van der Waals surface area contributed by atoms with Crippen molar-refractivity contribution in [2.75, 3.05) is 26.2 Å². The zero-order chi connectivity index (χ0) is 15.4. The molecule has 0 aliphatic carbocycles. The fourth-order valence-electron chi connectivity index (χ4n) is 2.47. The third-order valence-electron chi connectivity index (χ3n) is 3.87. The molecule has 5 nitrogen and oxygen atoms in total. The van der Waals surface area contributed by atoms with E-state index in [0.29, 0.717) is 37.6 Å². The lowest BCUT2D eigenvalue weighted by atomic mass is 10.1. The summed E-state index contributed by atoms with van der Waals surface area (Å²) in [5.74, 6) is -0.239. The Morgan fingerprint density at radius 1 is 1.29 bits per heavy atom. The van der Waals surface area contributed by atoms with Crippen molar-refractivity contribution < 1.29 is 9.59 Å². The third kappa shape index (κ3) is 4.19. The second-order valence-corrected chi connectivity index (χ2v) is 5.74. The van der Waals surface area contributed by atoms with Crippen molar-refractivity contribution in [2.24, 2.45) is 5.73 Å². The van der Waals surface area contributed by atoms with Crippen LogP contribution in [-0.4, -0.2) is 53.8 Å². The van der Waals surface area contributed by atoms with Gasteiger partial charge in [-0.05, 0) is 24.6 Å². The number of carbonyl (C=O) groups is 2. The molecule has 1 unspecified atom stereocenters. The molecule has 114 valence electrons. The van der Waals surface area contributed by atoms with Gasteiger partial charge in [0.15, 0.2) is 0 Å². The van der Waals surface area contributed by atoms with Gasteiger partial charge < -0.3 is 10.6 Å². The van der Waals surface area contributed by atoms with Gasteiger partial charge >= 0.3 is 0 Å². The third-order valence-corrected chi connectivity index (χ3v) is 4.11. The van der Waals surface area contributed by atoms with Gasteiger partial charge in [-0.2, -0.15) is 0 Å². The number of primary amides is 1. The minimum Gasteiger partial charge on any atom is -0.368 e. The predicted octanol–water partition coefficient (Wildman–Crippen LogP) is 0.901. The van der Waals surface area contributed by atoms with Gasteiger partial charge in [-0.3, -0.25) is 14.5 Å². The molecule has 0 spiro atoms. The molecule has 2 amide bonds. The van der Waals surface area contributed by atoms with Crippen LogP contribution in [0.5, 0.6) is 0 Å². The van der Waals surface area contributed by atoms with Crippen LogP contribution >= 0.6 is 11.6 Å². The second-order valence-electron chi connectivity index (χ2n) is 5.30. The van der Waals surface area contributed by atoms with Gasteiger partial charge in [0.05, 0.1) is 12.5 Å². The monoisotopic (exact) mass is 309 g/mol. The van der Waals surface area contributed by atoms with Gasteiger partial charge in [0.25, 0.3) is 0 Å². The van der Waals surface area contributed by atoms with Crippen molar-refractivity contribution in [3.8, 4) is 0 Å². The lowest BCUT2D eigenvalue weighted by molar-refractivity contribution is -0.133. The Morgan fingerprint density at radius 3 is 2.52 bits per heavy atom. The molecule has 21 heavy (non-hydrogen) atoms. The van der Waals surface area contributed by atoms with Crippen molar-refractivity contribution >= 4 is 23.4 Å². The Bertz CT molecular complexity index is 527. The first-order chi connectivity index (χ1) is 9.97.